The lowest BCUT2D eigenvalue weighted by Gasteiger charge is -2.04. The van der Waals surface area contributed by atoms with Gasteiger partial charge in [0, 0.05) is 25.1 Å². The molecule has 0 aromatic carbocycles. The summed E-state index contributed by atoms with van der Waals surface area (Å²) in [5.41, 5.74) is 3.14. The van der Waals surface area contributed by atoms with E-state index in [0.29, 0.717) is 12.5 Å². The van der Waals surface area contributed by atoms with Crippen LogP contribution in [0, 0.1) is 6.92 Å². The summed E-state index contributed by atoms with van der Waals surface area (Å²) < 4.78 is 2.67. The van der Waals surface area contributed by atoms with Crippen molar-refractivity contribution in [3.05, 3.63) is 52.4 Å². The Morgan fingerprint density at radius 1 is 1.37 bits per heavy atom. The minimum atomic E-state index is 0.614. The van der Waals surface area contributed by atoms with E-state index in [-0.39, 0.29) is 0 Å². The molecule has 6 heteroatoms. The van der Waals surface area contributed by atoms with Crippen molar-refractivity contribution < 1.29 is 0 Å². The highest BCUT2D eigenvalue weighted by atomic mass is 79.9. The van der Waals surface area contributed by atoms with Crippen LogP contribution in [0.1, 0.15) is 11.1 Å². The third-order valence-corrected chi connectivity index (χ3v) is 3.51. The van der Waals surface area contributed by atoms with Crippen molar-refractivity contribution in [2.24, 2.45) is 0 Å². The largest absolute Gasteiger partial charge is 0.349 e. The number of pyridine rings is 2. The first-order valence-electron chi connectivity index (χ1n) is 5.88. The molecule has 1 N–H and O–H groups in total. The first kappa shape index (κ1) is 12.1. The van der Waals surface area contributed by atoms with E-state index in [1.807, 2.05) is 37.5 Å². The molecule has 0 spiro atoms. The van der Waals surface area contributed by atoms with Gasteiger partial charge in [-0.15, -0.1) is 5.10 Å². The van der Waals surface area contributed by atoms with Crippen molar-refractivity contribution in [2.75, 3.05) is 5.32 Å². The van der Waals surface area contributed by atoms with Gasteiger partial charge < -0.3 is 5.32 Å². The first-order chi connectivity index (χ1) is 9.24. The minimum Gasteiger partial charge on any atom is -0.349 e. The molecule has 0 aliphatic carbocycles. The van der Waals surface area contributed by atoms with Crippen LogP contribution in [-0.2, 0) is 6.54 Å². The summed E-state index contributed by atoms with van der Waals surface area (Å²) >= 11 is 3.46. The van der Waals surface area contributed by atoms with Crippen molar-refractivity contribution in [1.82, 2.24) is 19.6 Å². The van der Waals surface area contributed by atoms with Crippen LogP contribution in [0.25, 0.3) is 5.65 Å². The molecule has 19 heavy (non-hydrogen) atoms. The number of nitrogens with one attached hydrogen (secondary N) is 1. The second-order valence-corrected chi connectivity index (χ2v) is 5.07. The van der Waals surface area contributed by atoms with Gasteiger partial charge in [-0.3, -0.25) is 4.98 Å². The van der Waals surface area contributed by atoms with Crippen LogP contribution < -0.4 is 5.32 Å². The molecule has 0 bridgehead atoms. The molecule has 0 saturated carbocycles. The monoisotopic (exact) mass is 317 g/mol. The molecular formula is C13H12BrN5. The summed E-state index contributed by atoms with van der Waals surface area (Å²) in [5, 5.41) is 7.59. The number of hydrogen-bond donors (Lipinski definition) is 1. The van der Waals surface area contributed by atoms with Gasteiger partial charge in [-0.1, -0.05) is 0 Å². The zero-order valence-corrected chi connectivity index (χ0v) is 11.9. The lowest BCUT2D eigenvalue weighted by Crippen LogP contribution is -2.03. The summed E-state index contributed by atoms with van der Waals surface area (Å²) in [7, 11) is 0. The number of anilines is 1. The Kier molecular flexibility index (Phi) is 3.16. The Morgan fingerprint density at radius 2 is 2.26 bits per heavy atom. The summed E-state index contributed by atoms with van der Waals surface area (Å²) in [5.74, 6) is 0.614. The number of fused-ring (bicyclic) bond motifs is 1. The number of aromatic nitrogens is 4. The van der Waals surface area contributed by atoms with Crippen molar-refractivity contribution in [1.29, 1.82) is 0 Å². The maximum Gasteiger partial charge on any atom is 0.243 e. The molecule has 3 rings (SSSR count). The van der Waals surface area contributed by atoms with Crippen LogP contribution in [0.2, 0.25) is 0 Å². The Balaban J connectivity index is 1.83. The lowest BCUT2D eigenvalue weighted by atomic mass is 10.1. The van der Waals surface area contributed by atoms with Crippen LogP contribution in [-0.4, -0.2) is 19.6 Å². The standard InChI is InChI=1S/C13H12BrN5/c1-9-7-15-5-4-10(9)8-16-13-17-12-11(14)3-2-6-19(12)18-13/h2-7H,8H2,1H3,(H,16,18). The van der Waals surface area contributed by atoms with Gasteiger partial charge in [0.15, 0.2) is 5.65 Å². The average Bonchev–Trinajstić information content (AvgIpc) is 2.82. The van der Waals surface area contributed by atoms with Crippen LogP contribution in [0.3, 0.4) is 0 Å². The molecule has 0 aliphatic rings. The number of hydrogen-bond acceptors (Lipinski definition) is 4. The first-order valence-corrected chi connectivity index (χ1v) is 6.67. The zero-order valence-electron chi connectivity index (χ0n) is 10.3. The minimum absolute atomic E-state index is 0.614. The Bertz CT molecular complexity index is 722. The van der Waals surface area contributed by atoms with E-state index in [0.717, 1.165) is 15.7 Å². The van der Waals surface area contributed by atoms with Crippen LogP contribution >= 0.6 is 15.9 Å². The predicted molar refractivity (Wildman–Crippen MR) is 77.0 cm³/mol. The van der Waals surface area contributed by atoms with Gasteiger partial charge >= 0.3 is 0 Å². The molecule has 0 atom stereocenters. The van der Waals surface area contributed by atoms with E-state index >= 15 is 0 Å². The second-order valence-electron chi connectivity index (χ2n) is 4.22. The number of aryl methyl sites for hydroxylation is 1. The summed E-state index contributed by atoms with van der Waals surface area (Å²) in [4.78, 5) is 8.51. The van der Waals surface area contributed by atoms with E-state index in [4.69, 9.17) is 0 Å². The van der Waals surface area contributed by atoms with E-state index < -0.39 is 0 Å². The molecule has 0 aliphatic heterocycles. The fourth-order valence-corrected chi connectivity index (χ4v) is 2.25. The smallest absolute Gasteiger partial charge is 0.243 e. The molecule has 0 amide bonds. The highest BCUT2D eigenvalue weighted by Crippen LogP contribution is 2.17. The molecule has 3 aromatic heterocycles. The number of rotatable bonds is 3. The maximum absolute atomic E-state index is 4.44. The maximum atomic E-state index is 4.44. The fraction of sp³-hybridized carbons (Fsp3) is 0.154. The van der Waals surface area contributed by atoms with Crippen LogP contribution in [0.5, 0.6) is 0 Å². The topological polar surface area (TPSA) is 55.1 Å². The second kappa shape index (κ2) is 4.97. The van der Waals surface area contributed by atoms with E-state index in [9.17, 15) is 0 Å². The van der Waals surface area contributed by atoms with Crippen LogP contribution in [0.15, 0.2) is 41.3 Å². The van der Waals surface area contributed by atoms with Gasteiger partial charge in [0.05, 0.1) is 4.47 Å². The van der Waals surface area contributed by atoms with E-state index in [2.05, 4.69) is 36.3 Å². The van der Waals surface area contributed by atoms with Crippen molar-refractivity contribution >= 4 is 27.5 Å². The Hall–Kier alpha value is -1.95. The molecule has 5 nitrogen and oxygen atoms in total. The molecule has 0 fully saturated rings. The number of nitrogens with zero attached hydrogens (tertiary/aromatic N) is 4. The van der Waals surface area contributed by atoms with E-state index in [1.165, 1.54) is 5.56 Å². The average molecular weight is 318 g/mol. The predicted octanol–water partition coefficient (Wildman–Crippen LogP) is 2.81. The molecule has 0 radical (unpaired) electrons. The molecule has 3 heterocycles. The summed E-state index contributed by atoms with van der Waals surface area (Å²) in [6.45, 7) is 2.72. The van der Waals surface area contributed by atoms with Crippen molar-refractivity contribution in [3.63, 3.8) is 0 Å². The quantitative estimate of drug-likeness (QED) is 0.807. The van der Waals surface area contributed by atoms with Gasteiger partial charge in [0.25, 0.3) is 0 Å². The zero-order chi connectivity index (χ0) is 13.2. The van der Waals surface area contributed by atoms with Crippen molar-refractivity contribution in [2.45, 2.75) is 13.5 Å². The van der Waals surface area contributed by atoms with Gasteiger partial charge in [-0.25, -0.2) is 4.52 Å². The fourth-order valence-electron chi connectivity index (χ4n) is 1.82. The molecular weight excluding hydrogens is 306 g/mol. The molecule has 96 valence electrons. The van der Waals surface area contributed by atoms with Gasteiger partial charge in [0.1, 0.15) is 0 Å². The highest BCUT2D eigenvalue weighted by Gasteiger charge is 2.06. The van der Waals surface area contributed by atoms with Gasteiger partial charge in [-0.2, -0.15) is 4.98 Å². The molecule has 0 unspecified atom stereocenters. The Morgan fingerprint density at radius 3 is 3.05 bits per heavy atom. The third kappa shape index (κ3) is 2.44. The van der Waals surface area contributed by atoms with Gasteiger partial charge in [-0.05, 0) is 52.2 Å². The summed E-state index contributed by atoms with van der Waals surface area (Å²) in [6.07, 6.45) is 5.51. The highest BCUT2D eigenvalue weighted by molar-refractivity contribution is 9.10. The summed E-state index contributed by atoms with van der Waals surface area (Å²) in [6, 6.07) is 5.86. The van der Waals surface area contributed by atoms with Crippen LogP contribution in [0.4, 0.5) is 5.95 Å². The third-order valence-electron chi connectivity index (χ3n) is 2.89. The normalized spacial score (nSPS) is 10.8. The SMILES string of the molecule is Cc1cnccc1CNc1nc2c(Br)cccn2n1. The van der Waals surface area contributed by atoms with E-state index in [1.54, 1.807) is 10.7 Å². The van der Waals surface area contributed by atoms with Gasteiger partial charge in [0.2, 0.25) is 5.95 Å². The van der Waals surface area contributed by atoms with Crippen molar-refractivity contribution in [3.8, 4) is 0 Å². The lowest BCUT2D eigenvalue weighted by molar-refractivity contribution is 0.946. The molecule has 3 aromatic rings. The molecule has 0 saturated heterocycles. The Labute approximate surface area is 118 Å². The number of halogens is 1.